The molecule has 0 aliphatic rings. The van der Waals surface area contributed by atoms with Gasteiger partial charge in [0, 0.05) is 5.69 Å². The van der Waals surface area contributed by atoms with Crippen LogP contribution in [0.5, 0.6) is 0 Å². The number of hydrogen-bond donors (Lipinski definition) is 2. The molecule has 0 saturated heterocycles. The van der Waals surface area contributed by atoms with Gasteiger partial charge in [-0.1, -0.05) is 23.4 Å². The quantitative estimate of drug-likeness (QED) is 0.789. The number of para-hydroxylation sites is 1. The lowest BCUT2D eigenvalue weighted by atomic mass is 10.3. The molecule has 0 spiro atoms. The summed E-state index contributed by atoms with van der Waals surface area (Å²) in [6, 6.07) is 8.67. The fraction of sp³-hybridized carbons (Fsp3) is 0.273. The predicted molar refractivity (Wildman–Crippen MR) is 69.8 cm³/mol. The summed E-state index contributed by atoms with van der Waals surface area (Å²) in [5.74, 6) is -0.115. The lowest BCUT2D eigenvalue weighted by Gasteiger charge is -2.07. The summed E-state index contributed by atoms with van der Waals surface area (Å²) in [6.07, 6.45) is 1.51. The summed E-state index contributed by atoms with van der Waals surface area (Å²) in [5, 5.41) is 16.2. The fourth-order valence-electron chi connectivity index (χ4n) is 1.47. The minimum Gasteiger partial charge on any atom is -0.390 e. The number of rotatable bonds is 6. The Balaban J connectivity index is 1.94. The number of nitrogens with zero attached hydrogens (tertiary/aromatic N) is 3. The van der Waals surface area contributed by atoms with Gasteiger partial charge in [0.2, 0.25) is 10.0 Å². The van der Waals surface area contributed by atoms with Crippen LogP contribution in [0.15, 0.2) is 36.5 Å². The number of benzene rings is 1. The highest BCUT2D eigenvalue weighted by molar-refractivity contribution is 7.92. The Morgan fingerprint density at radius 2 is 2.00 bits per heavy atom. The van der Waals surface area contributed by atoms with Gasteiger partial charge in [-0.2, -0.15) is 0 Å². The van der Waals surface area contributed by atoms with Crippen LogP contribution in [-0.4, -0.2) is 34.3 Å². The van der Waals surface area contributed by atoms with Crippen LogP contribution in [0, 0.1) is 0 Å². The van der Waals surface area contributed by atoms with Crippen molar-refractivity contribution in [1.29, 1.82) is 0 Å². The number of aliphatic hydroxyl groups is 1. The lowest BCUT2D eigenvalue weighted by Crippen LogP contribution is -2.20. The van der Waals surface area contributed by atoms with E-state index in [-0.39, 0.29) is 18.9 Å². The summed E-state index contributed by atoms with van der Waals surface area (Å²) in [4.78, 5) is 0. The molecular weight excluding hydrogens is 268 g/mol. The third kappa shape index (κ3) is 4.04. The van der Waals surface area contributed by atoms with Crippen LogP contribution in [0.4, 0.5) is 5.69 Å². The van der Waals surface area contributed by atoms with Crippen molar-refractivity contribution in [1.82, 2.24) is 15.0 Å². The maximum absolute atomic E-state index is 11.8. The average Bonchev–Trinajstić information content (AvgIpc) is 2.85. The molecule has 1 heterocycles. The molecule has 8 heteroatoms. The van der Waals surface area contributed by atoms with E-state index in [2.05, 4.69) is 15.0 Å². The maximum Gasteiger partial charge on any atom is 0.234 e. The van der Waals surface area contributed by atoms with E-state index < -0.39 is 10.0 Å². The summed E-state index contributed by atoms with van der Waals surface area (Å²) >= 11 is 0. The Hall–Kier alpha value is -1.93. The van der Waals surface area contributed by atoms with E-state index in [0.717, 1.165) is 0 Å². The Kier molecular flexibility index (Phi) is 4.13. The molecule has 1 aromatic carbocycles. The van der Waals surface area contributed by atoms with Crippen molar-refractivity contribution in [3.8, 4) is 0 Å². The molecule has 19 heavy (non-hydrogen) atoms. The van der Waals surface area contributed by atoms with E-state index >= 15 is 0 Å². The van der Waals surface area contributed by atoms with Gasteiger partial charge in [-0.15, -0.1) is 5.10 Å². The van der Waals surface area contributed by atoms with Gasteiger partial charge in [-0.05, 0) is 12.1 Å². The number of nitrogens with one attached hydrogen (secondary N) is 1. The van der Waals surface area contributed by atoms with Gasteiger partial charge >= 0.3 is 0 Å². The number of aromatic nitrogens is 3. The molecule has 0 bridgehead atoms. The largest absolute Gasteiger partial charge is 0.390 e. The van der Waals surface area contributed by atoms with Crippen molar-refractivity contribution in [2.75, 3.05) is 10.5 Å². The molecule has 0 amide bonds. The van der Waals surface area contributed by atoms with Crippen molar-refractivity contribution in [2.45, 2.75) is 13.2 Å². The molecule has 0 radical (unpaired) electrons. The Labute approximate surface area is 110 Å². The van der Waals surface area contributed by atoms with E-state index in [1.165, 1.54) is 10.9 Å². The molecule has 102 valence electrons. The number of sulfonamides is 1. The van der Waals surface area contributed by atoms with Gasteiger partial charge in [0.1, 0.15) is 5.69 Å². The van der Waals surface area contributed by atoms with Gasteiger partial charge in [0.25, 0.3) is 0 Å². The van der Waals surface area contributed by atoms with E-state index in [1.807, 2.05) is 6.07 Å². The first kappa shape index (κ1) is 13.5. The average molecular weight is 282 g/mol. The van der Waals surface area contributed by atoms with E-state index in [0.29, 0.717) is 11.4 Å². The minimum atomic E-state index is -3.43. The standard InChI is InChI=1S/C11H14N4O3S/c16-9-11-8-15(14-12-11)6-7-19(17,18)13-10-4-2-1-3-5-10/h1-5,8,13,16H,6-7,9H2. The molecule has 2 rings (SSSR count). The van der Waals surface area contributed by atoms with Crippen LogP contribution in [-0.2, 0) is 23.2 Å². The smallest absolute Gasteiger partial charge is 0.234 e. The molecule has 0 aliphatic heterocycles. The molecule has 0 aliphatic carbocycles. The van der Waals surface area contributed by atoms with Gasteiger partial charge in [0.05, 0.1) is 25.1 Å². The first-order valence-corrected chi connectivity index (χ1v) is 7.30. The third-order valence-corrected chi connectivity index (χ3v) is 3.65. The zero-order valence-corrected chi connectivity index (χ0v) is 10.9. The predicted octanol–water partition coefficient (Wildman–Crippen LogP) is 0.212. The molecular formula is C11H14N4O3S. The van der Waals surface area contributed by atoms with Crippen LogP contribution in [0.3, 0.4) is 0 Å². The SMILES string of the molecule is O=S(=O)(CCn1cc(CO)nn1)Nc1ccccc1. The van der Waals surface area contributed by atoms with Crippen molar-refractivity contribution in [2.24, 2.45) is 0 Å². The molecule has 0 saturated carbocycles. The van der Waals surface area contributed by atoms with E-state index in [4.69, 9.17) is 5.11 Å². The van der Waals surface area contributed by atoms with E-state index in [9.17, 15) is 8.42 Å². The molecule has 2 N–H and O–H groups in total. The van der Waals surface area contributed by atoms with Crippen molar-refractivity contribution < 1.29 is 13.5 Å². The molecule has 0 atom stereocenters. The van der Waals surface area contributed by atoms with Gasteiger partial charge < -0.3 is 5.11 Å². The Morgan fingerprint density at radius 1 is 1.26 bits per heavy atom. The highest BCUT2D eigenvalue weighted by Crippen LogP contribution is 2.08. The second-order valence-electron chi connectivity index (χ2n) is 3.92. The van der Waals surface area contributed by atoms with Crippen molar-refractivity contribution >= 4 is 15.7 Å². The number of hydrogen-bond acceptors (Lipinski definition) is 5. The number of aliphatic hydroxyl groups excluding tert-OH is 1. The van der Waals surface area contributed by atoms with Crippen molar-refractivity contribution in [3.05, 3.63) is 42.2 Å². The lowest BCUT2D eigenvalue weighted by molar-refractivity contribution is 0.276. The molecule has 2 aromatic rings. The van der Waals surface area contributed by atoms with E-state index in [1.54, 1.807) is 24.3 Å². The third-order valence-electron chi connectivity index (χ3n) is 2.38. The zero-order chi connectivity index (χ0) is 13.7. The molecule has 0 fully saturated rings. The minimum absolute atomic E-state index is 0.115. The van der Waals surface area contributed by atoms with Crippen LogP contribution in [0.2, 0.25) is 0 Å². The molecule has 1 aromatic heterocycles. The van der Waals surface area contributed by atoms with Crippen molar-refractivity contribution in [3.63, 3.8) is 0 Å². The number of aryl methyl sites for hydroxylation is 1. The first-order chi connectivity index (χ1) is 9.09. The summed E-state index contributed by atoms with van der Waals surface area (Å²) in [7, 11) is -3.43. The van der Waals surface area contributed by atoms with Crippen LogP contribution in [0.1, 0.15) is 5.69 Å². The van der Waals surface area contributed by atoms with Gasteiger partial charge in [0.15, 0.2) is 0 Å². The number of anilines is 1. The maximum atomic E-state index is 11.8. The molecule has 7 nitrogen and oxygen atoms in total. The second kappa shape index (κ2) is 5.81. The summed E-state index contributed by atoms with van der Waals surface area (Å²) in [6.45, 7) is -0.0375. The summed E-state index contributed by atoms with van der Waals surface area (Å²) < 4.78 is 27.5. The van der Waals surface area contributed by atoms with Crippen LogP contribution >= 0.6 is 0 Å². The zero-order valence-electron chi connectivity index (χ0n) is 10.1. The summed E-state index contributed by atoms with van der Waals surface area (Å²) in [5.41, 5.74) is 0.936. The van der Waals surface area contributed by atoms with Gasteiger partial charge in [-0.3, -0.25) is 9.40 Å². The van der Waals surface area contributed by atoms with Crippen LogP contribution < -0.4 is 4.72 Å². The highest BCUT2D eigenvalue weighted by atomic mass is 32.2. The fourth-order valence-corrected chi connectivity index (χ4v) is 2.50. The monoisotopic (exact) mass is 282 g/mol. The Morgan fingerprint density at radius 3 is 2.63 bits per heavy atom. The highest BCUT2D eigenvalue weighted by Gasteiger charge is 2.11. The van der Waals surface area contributed by atoms with Crippen LogP contribution in [0.25, 0.3) is 0 Å². The van der Waals surface area contributed by atoms with Gasteiger partial charge in [-0.25, -0.2) is 8.42 Å². The topological polar surface area (TPSA) is 97.1 Å². The Bertz CT molecular complexity index is 624. The first-order valence-electron chi connectivity index (χ1n) is 5.64. The molecule has 0 unspecified atom stereocenters. The second-order valence-corrected chi connectivity index (χ2v) is 5.76. The normalized spacial score (nSPS) is 11.4.